The summed E-state index contributed by atoms with van der Waals surface area (Å²) < 4.78 is 10.9. The van der Waals surface area contributed by atoms with E-state index in [9.17, 15) is 0 Å². The van der Waals surface area contributed by atoms with E-state index >= 15 is 0 Å². The van der Waals surface area contributed by atoms with Crippen molar-refractivity contribution >= 4 is 33.6 Å². The van der Waals surface area contributed by atoms with Crippen molar-refractivity contribution in [2.75, 3.05) is 6.26 Å². The Kier molecular flexibility index (Phi) is 7.25. The second kappa shape index (κ2) is 11.3. The predicted octanol–water partition coefficient (Wildman–Crippen LogP) is 10.4. The Balaban J connectivity index is 1.30. The number of pyridine rings is 1. The number of ether oxygens (including phenoxy) is 1. The monoisotopic (exact) mass is 608 g/mol. The van der Waals surface area contributed by atoms with E-state index in [4.69, 9.17) is 14.8 Å². The van der Waals surface area contributed by atoms with Crippen molar-refractivity contribution in [2.45, 2.75) is 46.4 Å². The number of rotatable bonds is 6. The maximum atomic E-state index is 6.59. The van der Waals surface area contributed by atoms with Crippen LogP contribution in [0.25, 0.3) is 44.4 Å². The lowest BCUT2D eigenvalue weighted by molar-refractivity contribution is 0.482. The summed E-state index contributed by atoms with van der Waals surface area (Å²) in [6.45, 7) is 12.8. The minimum Gasteiger partial charge on any atom is -0.457 e. The van der Waals surface area contributed by atoms with Gasteiger partial charge in [0.15, 0.2) is 0 Å². The van der Waals surface area contributed by atoms with Crippen molar-refractivity contribution in [3.63, 3.8) is 0 Å². The van der Waals surface area contributed by atoms with Crippen molar-refractivity contribution in [1.29, 1.82) is 0 Å². The summed E-state index contributed by atoms with van der Waals surface area (Å²) in [5.74, 6) is 2.43. The maximum absolute atomic E-state index is 6.59. The molecule has 5 nitrogen and oxygen atoms in total. The van der Waals surface area contributed by atoms with Crippen LogP contribution in [-0.2, 0) is 0 Å². The molecule has 4 aromatic carbocycles. The van der Waals surface area contributed by atoms with Gasteiger partial charge in [-0.15, -0.1) is 11.8 Å². The largest absolute Gasteiger partial charge is 0.457 e. The molecule has 0 atom stereocenters. The van der Waals surface area contributed by atoms with Crippen molar-refractivity contribution < 1.29 is 4.74 Å². The second-order valence-electron chi connectivity index (χ2n) is 11.9. The van der Waals surface area contributed by atoms with Gasteiger partial charge in [0.05, 0.1) is 22.4 Å². The minimum atomic E-state index is 0.768. The number of hydrogen-bond acceptors (Lipinski definition) is 4. The number of fused-ring (bicyclic) bond motifs is 3. The Hall–Kier alpha value is -4.81. The first-order valence-corrected chi connectivity index (χ1v) is 16.4. The maximum Gasteiger partial charge on any atom is 0.137 e. The summed E-state index contributed by atoms with van der Waals surface area (Å²) in [5, 5.41) is 7.39. The lowest BCUT2D eigenvalue weighted by atomic mass is 9.94. The molecule has 0 N–H and O–H groups in total. The molecule has 6 heteroatoms. The van der Waals surface area contributed by atoms with Gasteiger partial charge in [-0.25, -0.2) is 9.67 Å². The molecule has 0 unspecified atom stereocenters. The van der Waals surface area contributed by atoms with Crippen molar-refractivity contribution in [1.82, 2.24) is 19.3 Å². The fourth-order valence-electron chi connectivity index (χ4n) is 6.64. The third kappa shape index (κ3) is 5.09. The normalized spacial score (nSPS) is 11.5. The molecule has 0 aliphatic carbocycles. The lowest BCUT2D eigenvalue weighted by Crippen LogP contribution is -2.01. The highest BCUT2D eigenvalue weighted by Crippen LogP contribution is 2.38. The van der Waals surface area contributed by atoms with E-state index in [1.165, 1.54) is 38.1 Å². The van der Waals surface area contributed by atoms with Crippen LogP contribution in [0, 0.1) is 41.5 Å². The number of para-hydroxylation sites is 1. The Bertz CT molecular complexity index is 2240. The zero-order chi connectivity index (χ0) is 31.4. The fraction of sp³-hybridized carbons (Fsp3) is 0.179. The smallest absolute Gasteiger partial charge is 0.137 e. The van der Waals surface area contributed by atoms with E-state index in [0.717, 1.165) is 56.4 Å². The van der Waals surface area contributed by atoms with E-state index in [1.54, 1.807) is 11.8 Å². The van der Waals surface area contributed by atoms with Gasteiger partial charge in [0.2, 0.25) is 0 Å². The summed E-state index contributed by atoms with van der Waals surface area (Å²) in [7, 11) is 0. The Morgan fingerprint density at radius 3 is 2.18 bits per heavy atom. The summed E-state index contributed by atoms with van der Waals surface area (Å²) in [4.78, 5) is 6.01. The van der Waals surface area contributed by atoms with Crippen LogP contribution in [-0.4, -0.2) is 25.6 Å². The fourth-order valence-corrected chi connectivity index (χ4v) is 7.23. The highest BCUT2D eigenvalue weighted by Gasteiger charge is 2.20. The Morgan fingerprint density at radius 2 is 1.42 bits per heavy atom. The summed E-state index contributed by atoms with van der Waals surface area (Å²) in [6, 6.07) is 29.8. The van der Waals surface area contributed by atoms with Crippen LogP contribution in [0.3, 0.4) is 0 Å². The van der Waals surface area contributed by atoms with E-state index in [2.05, 4.69) is 136 Å². The molecule has 45 heavy (non-hydrogen) atoms. The average molecular weight is 609 g/mol. The molecule has 0 amide bonds. The van der Waals surface area contributed by atoms with Crippen LogP contribution < -0.4 is 4.74 Å². The molecule has 0 saturated heterocycles. The summed E-state index contributed by atoms with van der Waals surface area (Å²) >= 11 is 1.78. The van der Waals surface area contributed by atoms with Crippen LogP contribution in [0.4, 0.5) is 0 Å². The molecule has 0 aliphatic rings. The van der Waals surface area contributed by atoms with Gasteiger partial charge in [0, 0.05) is 45.3 Å². The van der Waals surface area contributed by atoms with Crippen LogP contribution in [0.5, 0.6) is 11.5 Å². The first-order valence-electron chi connectivity index (χ1n) is 15.2. The van der Waals surface area contributed by atoms with Crippen LogP contribution in [0.1, 0.15) is 33.6 Å². The number of aromatic nitrogens is 4. The van der Waals surface area contributed by atoms with Gasteiger partial charge in [-0.2, -0.15) is 5.10 Å². The summed E-state index contributed by atoms with van der Waals surface area (Å²) in [5.41, 5.74) is 12.6. The highest BCUT2D eigenvalue weighted by molar-refractivity contribution is 7.98. The van der Waals surface area contributed by atoms with Gasteiger partial charge in [0.1, 0.15) is 17.3 Å². The number of aryl methyl sites for hydroxylation is 5. The number of nitrogens with zero attached hydrogens (tertiary/aromatic N) is 4. The third-order valence-electron chi connectivity index (χ3n) is 8.57. The summed E-state index contributed by atoms with van der Waals surface area (Å²) in [6.07, 6.45) is 3.99. The van der Waals surface area contributed by atoms with Crippen molar-refractivity contribution in [3.05, 3.63) is 125 Å². The zero-order valence-corrected chi connectivity index (χ0v) is 27.6. The second-order valence-corrected chi connectivity index (χ2v) is 12.8. The number of thioether (sulfide) groups is 1. The molecule has 7 rings (SSSR count). The lowest BCUT2D eigenvalue weighted by Gasteiger charge is -2.14. The third-order valence-corrected chi connectivity index (χ3v) is 9.28. The van der Waals surface area contributed by atoms with Crippen molar-refractivity contribution in [3.8, 4) is 34.1 Å². The zero-order valence-electron chi connectivity index (χ0n) is 26.8. The van der Waals surface area contributed by atoms with Gasteiger partial charge in [0.25, 0.3) is 0 Å². The minimum absolute atomic E-state index is 0.768. The topological polar surface area (TPSA) is 44.9 Å². The van der Waals surface area contributed by atoms with Crippen LogP contribution in [0.2, 0.25) is 0 Å². The SMILES string of the molecule is CSc1cc(C)c(-c2c(C)nn(-c3cc(C)cc(Oc4ccc5c6ccccc6n(-c6cc(C)ccn6)c5c4)c3)c2C)c(C)c1. The molecule has 3 heterocycles. The van der Waals surface area contributed by atoms with Gasteiger partial charge in [-0.1, -0.05) is 18.2 Å². The van der Waals surface area contributed by atoms with Crippen molar-refractivity contribution in [2.24, 2.45) is 0 Å². The molecule has 0 fully saturated rings. The van der Waals surface area contributed by atoms with Crippen LogP contribution in [0.15, 0.2) is 96.0 Å². The van der Waals surface area contributed by atoms with Gasteiger partial charge in [-0.3, -0.25) is 4.57 Å². The van der Waals surface area contributed by atoms with Gasteiger partial charge in [-0.05, 0) is 130 Å². The highest BCUT2D eigenvalue weighted by atomic mass is 32.2. The molecule has 3 aromatic heterocycles. The molecule has 0 bridgehead atoms. The first kappa shape index (κ1) is 28.9. The molecule has 0 aliphatic heterocycles. The number of benzene rings is 4. The Morgan fingerprint density at radius 1 is 0.667 bits per heavy atom. The van der Waals surface area contributed by atoms with E-state index < -0.39 is 0 Å². The molecule has 0 spiro atoms. The van der Waals surface area contributed by atoms with Crippen LogP contribution >= 0.6 is 11.8 Å². The molecule has 0 saturated carbocycles. The van der Waals surface area contributed by atoms with Gasteiger partial charge >= 0.3 is 0 Å². The van der Waals surface area contributed by atoms with E-state index in [0.29, 0.717) is 0 Å². The average Bonchev–Trinajstić information content (AvgIpc) is 3.49. The Labute approximate surface area is 268 Å². The first-order chi connectivity index (χ1) is 21.7. The predicted molar refractivity (Wildman–Crippen MR) is 188 cm³/mol. The quantitative estimate of drug-likeness (QED) is 0.176. The number of hydrogen-bond donors (Lipinski definition) is 0. The molecule has 7 aromatic rings. The molecule has 0 radical (unpaired) electrons. The molecule has 224 valence electrons. The molecular weight excluding hydrogens is 573 g/mol. The van der Waals surface area contributed by atoms with E-state index in [-0.39, 0.29) is 0 Å². The van der Waals surface area contributed by atoms with Gasteiger partial charge < -0.3 is 4.74 Å². The van der Waals surface area contributed by atoms with E-state index in [1.807, 2.05) is 12.3 Å². The molecular formula is C39H36N4OS. The standard InChI is InChI=1S/C39H36N4OS/c1-23-14-15-40-37(18-23)42-35-11-9-8-10-33(35)34-13-12-30(22-36(34)42)44-31-17-24(2)16-29(21-31)43-28(6)39(27(5)41-43)38-25(3)19-32(45-7)20-26(38)4/h8-22H,1-7H3.